The highest BCUT2D eigenvalue weighted by atomic mass is 16.4. The van der Waals surface area contributed by atoms with Gasteiger partial charge in [-0.1, -0.05) is 6.07 Å². The van der Waals surface area contributed by atoms with Crippen molar-refractivity contribution in [2.24, 2.45) is 0 Å². The molecule has 3 N–H and O–H groups in total. The fraction of sp³-hybridized carbons (Fsp3) is 0.429. The molecule has 0 radical (unpaired) electrons. The number of fused-ring (bicyclic) bond motifs is 1. The highest BCUT2D eigenvalue weighted by Crippen LogP contribution is 2.23. The predicted octanol–water partition coefficient (Wildman–Crippen LogP) is 1.64. The first-order chi connectivity index (χ1) is 8.87. The van der Waals surface area contributed by atoms with Gasteiger partial charge in [-0.25, -0.2) is 0 Å². The van der Waals surface area contributed by atoms with E-state index in [0.717, 1.165) is 18.7 Å². The molecule has 0 atom stereocenters. The fourth-order valence-electron chi connectivity index (χ4n) is 2.23. The summed E-state index contributed by atoms with van der Waals surface area (Å²) < 4.78 is 0. The third kappa shape index (κ3) is 3.24. The molecular weight excluding hydrogens is 244 g/mol. The number of benzene rings is 1. The number of rotatable bonds is 4. The SMILES string of the molecule is CC(C)(CC(=O)O)NC(=O)c1ccc2c(c1)NCC2. The molecule has 1 aliphatic rings. The molecule has 1 amide bonds. The zero-order chi connectivity index (χ0) is 14.0. The van der Waals surface area contributed by atoms with Gasteiger partial charge in [0.1, 0.15) is 0 Å². The van der Waals surface area contributed by atoms with Gasteiger partial charge in [-0.2, -0.15) is 0 Å². The number of hydrogen-bond donors (Lipinski definition) is 3. The summed E-state index contributed by atoms with van der Waals surface area (Å²) in [5, 5.41) is 14.8. The normalized spacial score (nSPS) is 13.6. The average Bonchev–Trinajstić information content (AvgIpc) is 2.72. The minimum Gasteiger partial charge on any atom is -0.481 e. The van der Waals surface area contributed by atoms with Crippen LogP contribution in [0.25, 0.3) is 0 Å². The number of carboxylic acids is 1. The number of nitrogens with one attached hydrogen (secondary N) is 2. The number of anilines is 1. The molecule has 19 heavy (non-hydrogen) atoms. The van der Waals surface area contributed by atoms with Crippen LogP contribution < -0.4 is 10.6 Å². The molecule has 1 heterocycles. The van der Waals surface area contributed by atoms with E-state index in [1.54, 1.807) is 19.9 Å². The summed E-state index contributed by atoms with van der Waals surface area (Å²) in [6.45, 7) is 4.29. The number of carbonyl (C=O) groups excluding carboxylic acids is 1. The lowest BCUT2D eigenvalue weighted by molar-refractivity contribution is -0.138. The van der Waals surface area contributed by atoms with Gasteiger partial charge in [-0.05, 0) is 38.0 Å². The Morgan fingerprint density at radius 2 is 2.16 bits per heavy atom. The van der Waals surface area contributed by atoms with Crippen LogP contribution in [0.3, 0.4) is 0 Å². The summed E-state index contributed by atoms with van der Waals surface area (Å²) in [4.78, 5) is 22.8. The molecule has 0 saturated heterocycles. The van der Waals surface area contributed by atoms with Crippen LogP contribution in [-0.4, -0.2) is 29.1 Å². The Morgan fingerprint density at radius 3 is 2.84 bits per heavy atom. The third-order valence-corrected chi connectivity index (χ3v) is 3.13. The second-order valence-electron chi connectivity index (χ2n) is 5.46. The molecule has 1 aromatic carbocycles. The number of hydrogen-bond acceptors (Lipinski definition) is 3. The van der Waals surface area contributed by atoms with Crippen LogP contribution >= 0.6 is 0 Å². The van der Waals surface area contributed by atoms with Gasteiger partial charge in [-0.15, -0.1) is 0 Å². The molecule has 1 aromatic rings. The highest BCUT2D eigenvalue weighted by molar-refractivity contribution is 5.96. The second-order valence-corrected chi connectivity index (χ2v) is 5.46. The maximum absolute atomic E-state index is 12.1. The molecule has 102 valence electrons. The van der Waals surface area contributed by atoms with Crippen molar-refractivity contribution in [1.29, 1.82) is 0 Å². The van der Waals surface area contributed by atoms with Crippen LogP contribution in [0.4, 0.5) is 5.69 Å². The monoisotopic (exact) mass is 262 g/mol. The van der Waals surface area contributed by atoms with Crippen LogP contribution in [0.2, 0.25) is 0 Å². The van der Waals surface area contributed by atoms with Crippen LogP contribution in [0.15, 0.2) is 18.2 Å². The van der Waals surface area contributed by atoms with E-state index < -0.39 is 11.5 Å². The smallest absolute Gasteiger partial charge is 0.305 e. The van der Waals surface area contributed by atoms with Gasteiger partial charge in [0.2, 0.25) is 0 Å². The van der Waals surface area contributed by atoms with Crippen LogP contribution in [0, 0.1) is 0 Å². The van der Waals surface area contributed by atoms with Crippen molar-refractivity contribution in [3.8, 4) is 0 Å². The molecule has 1 aliphatic heterocycles. The molecule has 0 unspecified atom stereocenters. The average molecular weight is 262 g/mol. The van der Waals surface area contributed by atoms with Crippen LogP contribution in [-0.2, 0) is 11.2 Å². The maximum atomic E-state index is 12.1. The Bertz CT molecular complexity index is 523. The van der Waals surface area contributed by atoms with Gasteiger partial charge in [0.05, 0.1) is 6.42 Å². The molecule has 0 fully saturated rings. The van der Waals surface area contributed by atoms with E-state index >= 15 is 0 Å². The standard InChI is InChI=1S/C14H18N2O3/c1-14(2,8-12(17)18)16-13(19)10-4-3-9-5-6-15-11(9)7-10/h3-4,7,15H,5-6,8H2,1-2H3,(H,16,19)(H,17,18). The number of amides is 1. The minimum atomic E-state index is -0.930. The number of carbonyl (C=O) groups is 2. The van der Waals surface area contributed by atoms with Crippen molar-refractivity contribution in [2.75, 3.05) is 11.9 Å². The van der Waals surface area contributed by atoms with E-state index in [9.17, 15) is 9.59 Å². The Hall–Kier alpha value is -2.04. The molecule has 5 nitrogen and oxygen atoms in total. The van der Waals surface area contributed by atoms with Gasteiger partial charge < -0.3 is 15.7 Å². The lowest BCUT2D eigenvalue weighted by Gasteiger charge is -2.24. The van der Waals surface area contributed by atoms with E-state index in [4.69, 9.17) is 5.11 Å². The molecule has 0 bridgehead atoms. The first-order valence-electron chi connectivity index (χ1n) is 6.28. The number of aliphatic carboxylic acids is 1. The number of carboxylic acid groups (broad SMARTS) is 1. The van der Waals surface area contributed by atoms with E-state index in [-0.39, 0.29) is 12.3 Å². The molecule has 0 aliphatic carbocycles. The Morgan fingerprint density at radius 1 is 1.42 bits per heavy atom. The van der Waals surface area contributed by atoms with Crippen LogP contribution in [0.5, 0.6) is 0 Å². The summed E-state index contributed by atoms with van der Waals surface area (Å²) in [5.74, 6) is -1.18. The first kappa shape index (κ1) is 13.4. The van der Waals surface area contributed by atoms with Crippen LogP contribution in [0.1, 0.15) is 36.2 Å². The Balaban J connectivity index is 2.10. The molecule has 2 rings (SSSR count). The zero-order valence-electron chi connectivity index (χ0n) is 11.1. The summed E-state index contributed by atoms with van der Waals surface area (Å²) in [5.41, 5.74) is 1.98. The van der Waals surface area contributed by atoms with Crippen molar-refractivity contribution in [1.82, 2.24) is 5.32 Å². The van der Waals surface area contributed by atoms with Gasteiger partial charge in [0.25, 0.3) is 5.91 Å². The maximum Gasteiger partial charge on any atom is 0.305 e. The largest absolute Gasteiger partial charge is 0.481 e. The summed E-state index contributed by atoms with van der Waals surface area (Å²) >= 11 is 0. The van der Waals surface area contributed by atoms with E-state index in [1.807, 2.05) is 12.1 Å². The van der Waals surface area contributed by atoms with Crippen molar-refractivity contribution in [2.45, 2.75) is 32.2 Å². The fourth-order valence-corrected chi connectivity index (χ4v) is 2.23. The molecule has 5 heteroatoms. The topological polar surface area (TPSA) is 78.4 Å². The molecular formula is C14H18N2O3. The van der Waals surface area contributed by atoms with E-state index in [0.29, 0.717) is 5.56 Å². The highest BCUT2D eigenvalue weighted by Gasteiger charge is 2.24. The van der Waals surface area contributed by atoms with Crippen molar-refractivity contribution >= 4 is 17.6 Å². The third-order valence-electron chi connectivity index (χ3n) is 3.13. The lowest BCUT2D eigenvalue weighted by atomic mass is 9.99. The first-order valence-corrected chi connectivity index (χ1v) is 6.28. The zero-order valence-corrected chi connectivity index (χ0v) is 11.1. The minimum absolute atomic E-state index is 0.109. The molecule has 0 spiro atoms. The molecule has 0 aromatic heterocycles. The predicted molar refractivity (Wildman–Crippen MR) is 72.4 cm³/mol. The van der Waals surface area contributed by atoms with Crippen molar-refractivity contribution < 1.29 is 14.7 Å². The van der Waals surface area contributed by atoms with Gasteiger partial charge >= 0.3 is 5.97 Å². The Kier molecular flexibility index (Phi) is 3.46. The lowest BCUT2D eigenvalue weighted by Crippen LogP contribution is -2.44. The van der Waals surface area contributed by atoms with Gasteiger partial charge in [0.15, 0.2) is 0 Å². The quantitative estimate of drug-likeness (QED) is 0.770. The van der Waals surface area contributed by atoms with Crippen molar-refractivity contribution in [3.05, 3.63) is 29.3 Å². The van der Waals surface area contributed by atoms with E-state index in [2.05, 4.69) is 10.6 Å². The van der Waals surface area contributed by atoms with Gasteiger partial charge in [-0.3, -0.25) is 9.59 Å². The summed E-state index contributed by atoms with van der Waals surface area (Å²) in [7, 11) is 0. The van der Waals surface area contributed by atoms with Crippen molar-refractivity contribution in [3.63, 3.8) is 0 Å². The van der Waals surface area contributed by atoms with Gasteiger partial charge in [0, 0.05) is 23.3 Å². The summed E-state index contributed by atoms with van der Waals surface area (Å²) in [6.07, 6.45) is 0.865. The molecule has 0 saturated carbocycles. The van der Waals surface area contributed by atoms with E-state index in [1.165, 1.54) is 5.56 Å². The second kappa shape index (κ2) is 4.91. The Labute approximate surface area is 112 Å². The summed E-state index contributed by atoms with van der Waals surface area (Å²) in [6, 6.07) is 5.53.